The summed E-state index contributed by atoms with van der Waals surface area (Å²) in [5.41, 5.74) is 0. The number of carbonyl (C=O) groups is 2. The predicted octanol–water partition coefficient (Wildman–Crippen LogP) is 23.1. The number of hydrogen-bond acceptors (Lipinski definition) is 5. The third kappa shape index (κ3) is 65.1. The van der Waals surface area contributed by atoms with E-state index in [-0.39, 0.29) is 18.5 Å². The Hall–Kier alpha value is -1.92. The van der Waals surface area contributed by atoms with Gasteiger partial charge in [0, 0.05) is 12.8 Å². The quantitative estimate of drug-likeness (QED) is 0.0320. The second kappa shape index (κ2) is 68.6. The number of carbonyl (C=O) groups excluding carboxylic acids is 2. The average Bonchev–Trinajstić information content (AvgIpc) is 3.45. The van der Waals surface area contributed by atoms with E-state index in [1.807, 2.05) is 6.08 Å². The minimum atomic E-state index is -0.843. The Balaban J connectivity index is 3.38. The summed E-state index contributed by atoms with van der Waals surface area (Å²) < 4.78 is 5.48. The van der Waals surface area contributed by atoms with Crippen LogP contribution in [-0.2, 0) is 14.3 Å². The molecule has 1 amide bonds. The fraction of sp³-hybridized carbons (Fsp3) is 0.890. The second-order valence-corrected chi connectivity index (χ2v) is 24.6. The maximum Gasteiger partial charge on any atom is 0.305 e. The van der Waals surface area contributed by atoms with Gasteiger partial charge in [0.15, 0.2) is 0 Å². The van der Waals surface area contributed by atoms with Gasteiger partial charge in [-0.15, -0.1) is 0 Å². The number of hydrogen-bond donors (Lipinski definition) is 3. The molecule has 0 aromatic carbocycles. The van der Waals surface area contributed by atoms with E-state index in [0.29, 0.717) is 19.4 Å². The van der Waals surface area contributed by atoms with Crippen molar-refractivity contribution < 1.29 is 24.5 Å². The number of nitrogens with one attached hydrogen (secondary N) is 1. The summed E-state index contributed by atoms with van der Waals surface area (Å²) in [6.07, 6.45) is 88.0. The van der Waals surface area contributed by atoms with Crippen LogP contribution in [-0.4, -0.2) is 47.4 Å². The molecule has 466 valence electrons. The van der Waals surface area contributed by atoms with Crippen LogP contribution in [0.15, 0.2) is 36.5 Å². The van der Waals surface area contributed by atoms with Crippen molar-refractivity contribution in [1.82, 2.24) is 5.32 Å². The highest BCUT2D eigenvalue weighted by Crippen LogP contribution is 2.19. The van der Waals surface area contributed by atoms with Crippen LogP contribution >= 0.6 is 0 Å². The molecule has 0 spiro atoms. The van der Waals surface area contributed by atoms with Crippen molar-refractivity contribution in [2.45, 2.75) is 405 Å². The van der Waals surface area contributed by atoms with E-state index >= 15 is 0 Å². The van der Waals surface area contributed by atoms with Crippen molar-refractivity contribution in [3.8, 4) is 0 Å². The van der Waals surface area contributed by atoms with Crippen molar-refractivity contribution in [3.63, 3.8) is 0 Å². The minimum absolute atomic E-state index is 0.00343. The Morgan fingerprint density at radius 2 is 0.658 bits per heavy atom. The molecule has 6 nitrogen and oxygen atoms in total. The SMILES string of the molecule is CCC/C=C\C/C=C\CCCCCCCC(=O)OCCCCCCCCCCCCCCCCCCCCCCCCCCCCCCC(=O)NC(CO)C(O)/C=C/CCCCCCCCCCCCCCCCCCCCC. The second-order valence-electron chi connectivity index (χ2n) is 24.6. The van der Waals surface area contributed by atoms with Gasteiger partial charge in [0.1, 0.15) is 0 Å². The first-order valence-corrected chi connectivity index (χ1v) is 35.8. The lowest BCUT2D eigenvalue weighted by Gasteiger charge is -2.20. The topological polar surface area (TPSA) is 95.9 Å². The lowest BCUT2D eigenvalue weighted by atomic mass is 10.0. The monoisotopic (exact) mass is 1110 g/mol. The molecule has 79 heavy (non-hydrogen) atoms. The summed E-state index contributed by atoms with van der Waals surface area (Å²) in [6, 6.07) is -0.627. The Labute approximate surface area is 494 Å². The van der Waals surface area contributed by atoms with Crippen molar-refractivity contribution in [2.75, 3.05) is 13.2 Å². The molecule has 0 radical (unpaired) electrons. The molecule has 0 aliphatic rings. The number of aliphatic hydroxyl groups is 2. The number of allylic oxidation sites excluding steroid dienone is 5. The average molecular weight is 1110 g/mol. The van der Waals surface area contributed by atoms with Gasteiger partial charge in [-0.2, -0.15) is 0 Å². The lowest BCUT2D eigenvalue weighted by molar-refractivity contribution is -0.143. The number of amides is 1. The van der Waals surface area contributed by atoms with E-state index in [2.05, 4.69) is 43.5 Å². The van der Waals surface area contributed by atoms with Gasteiger partial charge in [0.25, 0.3) is 0 Å². The first-order valence-electron chi connectivity index (χ1n) is 35.8. The normalized spacial score (nSPS) is 12.7. The zero-order valence-corrected chi connectivity index (χ0v) is 53.4. The smallest absolute Gasteiger partial charge is 0.305 e. The maximum absolute atomic E-state index is 12.5. The molecule has 0 aliphatic carbocycles. The van der Waals surface area contributed by atoms with Crippen LogP contribution < -0.4 is 5.32 Å². The Morgan fingerprint density at radius 3 is 1.01 bits per heavy atom. The van der Waals surface area contributed by atoms with Gasteiger partial charge in [-0.1, -0.05) is 359 Å². The van der Waals surface area contributed by atoms with Crippen molar-refractivity contribution >= 4 is 11.9 Å². The highest BCUT2D eigenvalue weighted by atomic mass is 16.5. The van der Waals surface area contributed by atoms with Crippen molar-refractivity contribution in [1.29, 1.82) is 0 Å². The van der Waals surface area contributed by atoms with Crippen molar-refractivity contribution in [2.24, 2.45) is 0 Å². The fourth-order valence-electron chi connectivity index (χ4n) is 11.2. The first kappa shape index (κ1) is 77.1. The summed E-state index contributed by atoms with van der Waals surface area (Å²) >= 11 is 0. The molecular formula is C73H139NO5. The third-order valence-corrected chi connectivity index (χ3v) is 16.6. The number of rotatable bonds is 67. The van der Waals surface area contributed by atoms with Crippen LogP contribution in [0.2, 0.25) is 0 Å². The molecule has 0 aromatic heterocycles. The number of ether oxygens (including phenoxy) is 1. The van der Waals surface area contributed by atoms with Crippen LogP contribution in [0, 0.1) is 0 Å². The van der Waals surface area contributed by atoms with E-state index in [1.165, 1.54) is 315 Å². The van der Waals surface area contributed by atoms with E-state index in [9.17, 15) is 19.8 Å². The molecule has 0 saturated heterocycles. The summed E-state index contributed by atoms with van der Waals surface area (Å²) in [6.45, 7) is 4.87. The molecule has 2 unspecified atom stereocenters. The van der Waals surface area contributed by atoms with Gasteiger partial charge in [-0.3, -0.25) is 9.59 Å². The van der Waals surface area contributed by atoms with Gasteiger partial charge in [0.2, 0.25) is 5.91 Å². The molecule has 2 atom stereocenters. The summed E-state index contributed by atoms with van der Waals surface area (Å²) in [7, 11) is 0. The third-order valence-electron chi connectivity index (χ3n) is 16.6. The number of esters is 1. The van der Waals surface area contributed by atoms with Crippen LogP contribution in [0.3, 0.4) is 0 Å². The van der Waals surface area contributed by atoms with E-state index in [1.54, 1.807) is 6.08 Å². The van der Waals surface area contributed by atoms with Crippen LogP contribution in [0.1, 0.15) is 393 Å². The van der Waals surface area contributed by atoms with Crippen LogP contribution in [0.4, 0.5) is 0 Å². The van der Waals surface area contributed by atoms with E-state index in [0.717, 1.165) is 51.4 Å². The van der Waals surface area contributed by atoms with Gasteiger partial charge in [-0.05, 0) is 57.8 Å². The molecule has 0 saturated carbocycles. The lowest BCUT2D eigenvalue weighted by Crippen LogP contribution is -2.45. The van der Waals surface area contributed by atoms with Crippen molar-refractivity contribution in [3.05, 3.63) is 36.5 Å². The predicted molar refractivity (Wildman–Crippen MR) is 347 cm³/mol. The molecule has 6 heteroatoms. The summed E-state index contributed by atoms with van der Waals surface area (Å²) in [5, 5.41) is 23.3. The molecule has 0 rings (SSSR count). The molecule has 0 bridgehead atoms. The van der Waals surface area contributed by atoms with Crippen LogP contribution in [0.25, 0.3) is 0 Å². The van der Waals surface area contributed by atoms with Gasteiger partial charge < -0.3 is 20.3 Å². The molecule has 0 heterocycles. The Kier molecular flexibility index (Phi) is 66.9. The van der Waals surface area contributed by atoms with Gasteiger partial charge in [-0.25, -0.2) is 0 Å². The molecule has 0 fully saturated rings. The summed E-state index contributed by atoms with van der Waals surface area (Å²) in [5.74, 6) is -0.0577. The van der Waals surface area contributed by atoms with E-state index < -0.39 is 12.1 Å². The zero-order chi connectivity index (χ0) is 57.1. The first-order chi connectivity index (χ1) is 39.0. The summed E-state index contributed by atoms with van der Waals surface area (Å²) in [4.78, 5) is 24.6. The maximum atomic E-state index is 12.5. The zero-order valence-electron chi connectivity index (χ0n) is 53.4. The highest BCUT2D eigenvalue weighted by molar-refractivity contribution is 5.76. The molecule has 0 aliphatic heterocycles. The van der Waals surface area contributed by atoms with Gasteiger partial charge >= 0.3 is 5.97 Å². The Bertz CT molecular complexity index is 1280. The number of unbranched alkanes of at least 4 members (excludes halogenated alkanes) is 52. The molecular weight excluding hydrogens is 971 g/mol. The van der Waals surface area contributed by atoms with Crippen LogP contribution in [0.5, 0.6) is 0 Å². The molecule has 0 aromatic rings. The Morgan fingerprint density at radius 1 is 0.354 bits per heavy atom. The van der Waals surface area contributed by atoms with E-state index in [4.69, 9.17) is 4.74 Å². The standard InChI is InChI=1S/C73H139NO5/c1-3-5-7-9-11-13-15-17-18-19-20-29-32-35-38-42-45-49-53-57-61-65-71(76)70(69-75)74-72(77)66-62-58-54-50-46-43-39-36-33-30-27-25-23-21-22-24-26-28-31-34-37-40-44-48-52-56-60-64-68-79-73(78)67-63-59-55-51-47-41-16-14-12-10-8-6-4-2/h8,10,14,16,61,65,70-71,75-76H,3-7,9,11-13,15,17-60,62-64,66-69H2,1-2H3,(H,74,77)/b10-8-,16-14-,65-61+. The molecule has 3 N–H and O–H groups in total. The number of aliphatic hydroxyl groups excluding tert-OH is 2. The fourth-order valence-corrected chi connectivity index (χ4v) is 11.2. The largest absolute Gasteiger partial charge is 0.466 e. The highest BCUT2D eigenvalue weighted by Gasteiger charge is 2.18. The minimum Gasteiger partial charge on any atom is -0.466 e. The van der Waals surface area contributed by atoms with Gasteiger partial charge in [0.05, 0.1) is 25.4 Å².